The van der Waals surface area contributed by atoms with Gasteiger partial charge in [-0.15, -0.1) is 0 Å². The van der Waals surface area contributed by atoms with E-state index in [-0.39, 0.29) is 18.5 Å². The third-order valence-corrected chi connectivity index (χ3v) is 15.4. The van der Waals surface area contributed by atoms with E-state index in [1.807, 2.05) is 0 Å². The fraction of sp³-hybridized carbons (Fsp3) is 0.882. The van der Waals surface area contributed by atoms with Gasteiger partial charge in [-0.25, -0.2) is 0 Å². The smallest absolute Gasteiger partial charge is 0.305 e. The summed E-state index contributed by atoms with van der Waals surface area (Å²) in [6.07, 6.45) is 80.5. The number of rotatable bonds is 62. The summed E-state index contributed by atoms with van der Waals surface area (Å²) in [6, 6.07) is -0.547. The van der Waals surface area contributed by atoms with Crippen molar-refractivity contribution < 1.29 is 24.5 Å². The molecule has 0 saturated carbocycles. The molecule has 436 valence electrons. The highest BCUT2D eigenvalue weighted by atomic mass is 16.5. The van der Waals surface area contributed by atoms with E-state index in [0.717, 1.165) is 51.4 Å². The van der Waals surface area contributed by atoms with Crippen molar-refractivity contribution in [3.8, 4) is 0 Å². The fourth-order valence-corrected chi connectivity index (χ4v) is 10.3. The molecule has 0 spiro atoms. The number of allylic oxidation sites excluding steroid dienone is 5. The van der Waals surface area contributed by atoms with Gasteiger partial charge in [0.2, 0.25) is 5.91 Å². The lowest BCUT2D eigenvalue weighted by atomic mass is 10.0. The van der Waals surface area contributed by atoms with Gasteiger partial charge in [-0.3, -0.25) is 9.59 Å². The molecule has 2 atom stereocenters. The first-order chi connectivity index (χ1) is 36.5. The first-order valence-electron chi connectivity index (χ1n) is 33.2. The average molecular weight is 1040 g/mol. The SMILES string of the molecule is CCCC/C=C\CCCCCCCC(=O)OCC/C=C\C/C=C\CCCCCCCCCCCCCCCCC(=O)NC(CO)C(O)CCCCCCCCCCCCCCCCCCCCCCCCCCC. The van der Waals surface area contributed by atoms with Gasteiger partial charge in [0.1, 0.15) is 0 Å². The van der Waals surface area contributed by atoms with Crippen LogP contribution in [0.25, 0.3) is 0 Å². The van der Waals surface area contributed by atoms with Crippen LogP contribution in [0.2, 0.25) is 0 Å². The number of nitrogens with one attached hydrogen (secondary N) is 1. The van der Waals surface area contributed by atoms with Crippen LogP contribution in [0.5, 0.6) is 0 Å². The van der Waals surface area contributed by atoms with Gasteiger partial charge in [-0.1, -0.05) is 320 Å². The Bertz CT molecular complexity index is 1200. The zero-order valence-corrected chi connectivity index (χ0v) is 49.8. The normalized spacial score (nSPS) is 12.8. The van der Waals surface area contributed by atoms with E-state index in [0.29, 0.717) is 25.9 Å². The van der Waals surface area contributed by atoms with Crippen LogP contribution in [0, 0.1) is 0 Å². The Kier molecular flexibility index (Phi) is 62.0. The van der Waals surface area contributed by atoms with Crippen molar-refractivity contribution in [3.05, 3.63) is 36.5 Å². The van der Waals surface area contributed by atoms with Crippen molar-refractivity contribution in [2.24, 2.45) is 0 Å². The largest absolute Gasteiger partial charge is 0.465 e. The third-order valence-electron chi connectivity index (χ3n) is 15.4. The molecule has 0 aromatic heterocycles. The second kappa shape index (κ2) is 63.6. The molecule has 0 bridgehead atoms. The van der Waals surface area contributed by atoms with Crippen LogP contribution in [0.3, 0.4) is 0 Å². The Labute approximate surface area is 462 Å². The Morgan fingerprint density at radius 2 is 0.689 bits per heavy atom. The summed E-state index contributed by atoms with van der Waals surface area (Å²) in [5.41, 5.74) is 0. The molecule has 0 aliphatic carbocycles. The van der Waals surface area contributed by atoms with Crippen LogP contribution in [0.4, 0.5) is 0 Å². The van der Waals surface area contributed by atoms with E-state index in [4.69, 9.17) is 4.74 Å². The van der Waals surface area contributed by atoms with Gasteiger partial charge in [-0.2, -0.15) is 0 Å². The number of carbonyl (C=O) groups is 2. The van der Waals surface area contributed by atoms with Crippen LogP contribution in [-0.2, 0) is 14.3 Å². The molecule has 1 amide bonds. The molecule has 0 radical (unpaired) electrons. The van der Waals surface area contributed by atoms with Gasteiger partial charge >= 0.3 is 5.97 Å². The van der Waals surface area contributed by atoms with Gasteiger partial charge in [0.15, 0.2) is 0 Å². The summed E-state index contributed by atoms with van der Waals surface area (Å²) in [4.78, 5) is 24.5. The minimum atomic E-state index is -0.670. The molecule has 3 N–H and O–H groups in total. The van der Waals surface area contributed by atoms with Crippen molar-refractivity contribution in [2.75, 3.05) is 13.2 Å². The topological polar surface area (TPSA) is 95.9 Å². The number of esters is 1. The summed E-state index contributed by atoms with van der Waals surface area (Å²) in [6.45, 7) is 4.83. The Morgan fingerprint density at radius 3 is 1.08 bits per heavy atom. The number of unbranched alkanes of at least 4 members (excludes halogenated alkanes) is 45. The van der Waals surface area contributed by atoms with Crippen LogP contribution in [0.15, 0.2) is 36.5 Å². The molecular formula is C68H129NO5. The molecule has 0 aromatic rings. The van der Waals surface area contributed by atoms with Crippen LogP contribution in [0.1, 0.15) is 361 Å². The summed E-state index contributed by atoms with van der Waals surface area (Å²) in [5, 5.41) is 23.4. The Balaban J connectivity index is 3.45. The second-order valence-corrected chi connectivity index (χ2v) is 22.8. The Hall–Kier alpha value is -1.92. The van der Waals surface area contributed by atoms with Crippen molar-refractivity contribution >= 4 is 11.9 Å². The predicted octanol–water partition coefficient (Wildman–Crippen LogP) is 21.1. The summed E-state index contributed by atoms with van der Waals surface area (Å²) in [5.74, 6) is -0.0819. The molecule has 74 heavy (non-hydrogen) atoms. The monoisotopic (exact) mass is 1040 g/mol. The molecule has 6 heteroatoms. The number of amides is 1. The zero-order valence-electron chi connectivity index (χ0n) is 49.8. The Morgan fingerprint density at radius 1 is 0.378 bits per heavy atom. The maximum absolute atomic E-state index is 12.5. The van der Waals surface area contributed by atoms with Crippen molar-refractivity contribution in [1.29, 1.82) is 0 Å². The van der Waals surface area contributed by atoms with E-state index in [1.165, 1.54) is 276 Å². The standard InChI is InChI=1S/C68H129NO5/c1-3-5-7-9-11-13-15-16-17-18-19-20-21-22-23-25-28-31-34-37-41-44-48-52-56-60-66(71)65(64-70)69-67(72)61-57-53-49-45-42-38-35-32-29-26-24-27-30-33-36-39-43-47-51-55-59-63-74-68(73)62-58-54-50-46-40-14-12-10-8-6-4-2/h10,12,39,43,51,55,65-66,70-71H,3-9,11,13-38,40-42,44-50,52-54,56-64H2,1-2H3,(H,69,72)/b12-10-,43-39-,55-51-. The first kappa shape index (κ1) is 72.1. The number of hydrogen-bond acceptors (Lipinski definition) is 5. The lowest BCUT2D eigenvalue weighted by molar-refractivity contribution is -0.143. The number of carbonyl (C=O) groups excluding carboxylic acids is 2. The average Bonchev–Trinajstić information content (AvgIpc) is 3.40. The highest BCUT2D eigenvalue weighted by Gasteiger charge is 2.20. The van der Waals surface area contributed by atoms with Crippen LogP contribution in [-0.4, -0.2) is 47.4 Å². The maximum Gasteiger partial charge on any atom is 0.305 e. The minimum Gasteiger partial charge on any atom is -0.465 e. The van der Waals surface area contributed by atoms with E-state index >= 15 is 0 Å². The lowest BCUT2D eigenvalue weighted by Crippen LogP contribution is -2.45. The lowest BCUT2D eigenvalue weighted by Gasteiger charge is -2.22. The van der Waals surface area contributed by atoms with Crippen molar-refractivity contribution in [1.82, 2.24) is 5.32 Å². The number of hydrogen-bond donors (Lipinski definition) is 3. The number of aliphatic hydroxyl groups is 2. The molecule has 0 heterocycles. The van der Waals surface area contributed by atoms with E-state index in [9.17, 15) is 19.8 Å². The summed E-state index contributed by atoms with van der Waals surface area (Å²) >= 11 is 0. The molecule has 0 aliphatic heterocycles. The summed E-state index contributed by atoms with van der Waals surface area (Å²) < 4.78 is 5.39. The van der Waals surface area contributed by atoms with Gasteiger partial charge in [0.05, 0.1) is 25.4 Å². The fourth-order valence-electron chi connectivity index (χ4n) is 10.3. The molecule has 0 aromatic carbocycles. The number of aliphatic hydroxyl groups excluding tert-OH is 2. The van der Waals surface area contributed by atoms with Crippen LogP contribution < -0.4 is 5.32 Å². The number of ether oxygens (including phenoxy) is 1. The quantitative estimate of drug-likeness (QED) is 0.0320. The van der Waals surface area contributed by atoms with E-state index in [2.05, 4.69) is 55.6 Å². The van der Waals surface area contributed by atoms with Crippen LogP contribution >= 0.6 is 0 Å². The highest BCUT2D eigenvalue weighted by molar-refractivity contribution is 5.76. The molecule has 0 aliphatic rings. The summed E-state index contributed by atoms with van der Waals surface area (Å²) in [7, 11) is 0. The zero-order chi connectivity index (χ0) is 53.6. The minimum absolute atomic E-state index is 0.0361. The van der Waals surface area contributed by atoms with Crippen molar-refractivity contribution in [2.45, 2.75) is 373 Å². The predicted molar refractivity (Wildman–Crippen MR) is 324 cm³/mol. The maximum atomic E-state index is 12.5. The third kappa shape index (κ3) is 59.3. The van der Waals surface area contributed by atoms with Gasteiger partial charge < -0.3 is 20.3 Å². The molecule has 0 rings (SSSR count). The molecule has 0 saturated heterocycles. The first-order valence-corrected chi connectivity index (χ1v) is 33.2. The highest BCUT2D eigenvalue weighted by Crippen LogP contribution is 2.18. The van der Waals surface area contributed by atoms with Gasteiger partial charge in [0.25, 0.3) is 0 Å². The van der Waals surface area contributed by atoms with Gasteiger partial charge in [0, 0.05) is 12.8 Å². The van der Waals surface area contributed by atoms with Crippen molar-refractivity contribution in [3.63, 3.8) is 0 Å². The molecule has 2 unspecified atom stereocenters. The van der Waals surface area contributed by atoms with Gasteiger partial charge in [-0.05, 0) is 64.2 Å². The molecular weight excluding hydrogens is 911 g/mol. The molecule has 0 fully saturated rings. The van der Waals surface area contributed by atoms with E-state index in [1.54, 1.807) is 0 Å². The molecule has 6 nitrogen and oxygen atoms in total. The second-order valence-electron chi connectivity index (χ2n) is 22.8. The van der Waals surface area contributed by atoms with E-state index < -0.39 is 12.1 Å².